The molecule has 20 heavy (non-hydrogen) atoms. The van der Waals surface area contributed by atoms with Crippen LogP contribution in [0.25, 0.3) is 0 Å². The molecule has 0 saturated heterocycles. The molecular formula is C17H23NO2. The van der Waals surface area contributed by atoms with E-state index in [0.29, 0.717) is 0 Å². The van der Waals surface area contributed by atoms with Crippen molar-refractivity contribution in [2.75, 3.05) is 7.11 Å². The molecule has 0 radical (unpaired) electrons. The van der Waals surface area contributed by atoms with Crippen LogP contribution in [0.3, 0.4) is 0 Å². The molecule has 0 bridgehead atoms. The Bertz CT molecular complexity index is 641. The highest BCUT2D eigenvalue weighted by atomic mass is 16.5. The van der Waals surface area contributed by atoms with E-state index in [2.05, 4.69) is 26.8 Å². The number of benzene rings is 1. The Morgan fingerprint density at radius 2 is 1.65 bits per heavy atom. The second kappa shape index (κ2) is 5.33. The van der Waals surface area contributed by atoms with E-state index in [1.54, 1.807) is 7.11 Å². The summed E-state index contributed by atoms with van der Waals surface area (Å²) in [5.41, 5.74) is 12.0. The van der Waals surface area contributed by atoms with Crippen LogP contribution in [0, 0.1) is 34.6 Å². The van der Waals surface area contributed by atoms with E-state index >= 15 is 0 Å². The van der Waals surface area contributed by atoms with E-state index in [0.717, 1.165) is 39.5 Å². The first-order valence-corrected chi connectivity index (χ1v) is 6.84. The zero-order valence-electron chi connectivity index (χ0n) is 13.1. The molecule has 1 atom stereocenters. The topological polar surface area (TPSA) is 48.4 Å². The van der Waals surface area contributed by atoms with Gasteiger partial charge in [0.25, 0.3) is 0 Å². The summed E-state index contributed by atoms with van der Waals surface area (Å²) in [6, 6.07) is 3.90. The fourth-order valence-corrected chi connectivity index (χ4v) is 2.75. The van der Waals surface area contributed by atoms with Crippen molar-refractivity contribution in [3.05, 3.63) is 51.5 Å². The second-order valence-corrected chi connectivity index (χ2v) is 5.36. The van der Waals surface area contributed by atoms with Crippen molar-refractivity contribution in [1.29, 1.82) is 0 Å². The summed E-state index contributed by atoms with van der Waals surface area (Å²) in [7, 11) is 1.69. The fraction of sp³-hybridized carbons (Fsp3) is 0.412. The molecule has 0 aliphatic rings. The highest BCUT2D eigenvalue weighted by molar-refractivity contribution is 5.51. The van der Waals surface area contributed by atoms with Gasteiger partial charge in [0.15, 0.2) is 0 Å². The molecule has 0 aliphatic heterocycles. The number of aryl methyl sites for hydroxylation is 3. The van der Waals surface area contributed by atoms with Crippen molar-refractivity contribution in [1.82, 2.24) is 0 Å². The van der Waals surface area contributed by atoms with Crippen LogP contribution in [-0.4, -0.2) is 7.11 Å². The smallest absolute Gasteiger partial charge is 0.127 e. The summed E-state index contributed by atoms with van der Waals surface area (Å²) in [6.07, 6.45) is 0. The number of hydrogen-bond acceptors (Lipinski definition) is 3. The van der Waals surface area contributed by atoms with Gasteiger partial charge >= 0.3 is 0 Å². The SMILES string of the molecule is COc1c(C(N)c2c(C)oc(C)c2C)ccc(C)c1C. The summed E-state index contributed by atoms with van der Waals surface area (Å²) in [4.78, 5) is 0. The third kappa shape index (κ3) is 2.22. The average Bonchev–Trinajstić information content (AvgIpc) is 2.65. The van der Waals surface area contributed by atoms with Crippen molar-refractivity contribution in [3.8, 4) is 5.75 Å². The number of hydrogen-bond donors (Lipinski definition) is 1. The minimum Gasteiger partial charge on any atom is -0.496 e. The van der Waals surface area contributed by atoms with Gasteiger partial charge in [-0.2, -0.15) is 0 Å². The van der Waals surface area contributed by atoms with E-state index in [9.17, 15) is 0 Å². The van der Waals surface area contributed by atoms with E-state index in [-0.39, 0.29) is 6.04 Å². The number of nitrogens with two attached hydrogens (primary N) is 1. The van der Waals surface area contributed by atoms with Crippen molar-refractivity contribution in [3.63, 3.8) is 0 Å². The molecule has 108 valence electrons. The molecule has 2 aromatic rings. The van der Waals surface area contributed by atoms with Gasteiger partial charge in [-0.1, -0.05) is 12.1 Å². The van der Waals surface area contributed by atoms with Gasteiger partial charge in [0.05, 0.1) is 13.2 Å². The number of rotatable bonds is 3. The van der Waals surface area contributed by atoms with Gasteiger partial charge in [-0.05, 0) is 51.3 Å². The molecule has 0 fully saturated rings. The van der Waals surface area contributed by atoms with Gasteiger partial charge in [-0.25, -0.2) is 0 Å². The van der Waals surface area contributed by atoms with Crippen LogP contribution in [0.4, 0.5) is 0 Å². The Balaban J connectivity index is 2.59. The average molecular weight is 273 g/mol. The Morgan fingerprint density at radius 1 is 1.00 bits per heavy atom. The predicted molar refractivity (Wildman–Crippen MR) is 81.4 cm³/mol. The van der Waals surface area contributed by atoms with Gasteiger partial charge in [0.1, 0.15) is 17.3 Å². The predicted octanol–water partition coefficient (Wildman–Crippen LogP) is 3.88. The van der Waals surface area contributed by atoms with E-state index in [1.807, 2.05) is 19.9 Å². The van der Waals surface area contributed by atoms with Gasteiger partial charge in [0, 0.05) is 11.1 Å². The van der Waals surface area contributed by atoms with Crippen LogP contribution in [0.5, 0.6) is 5.75 Å². The maximum Gasteiger partial charge on any atom is 0.127 e. The van der Waals surface area contributed by atoms with Crippen LogP contribution in [-0.2, 0) is 0 Å². The summed E-state index contributed by atoms with van der Waals surface area (Å²) in [5.74, 6) is 2.68. The van der Waals surface area contributed by atoms with Crippen LogP contribution in [0.2, 0.25) is 0 Å². The van der Waals surface area contributed by atoms with Crippen LogP contribution in [0.15, 0.2) is 16.5 Å². The van der Waals surface area contributed by atoms with Gasteiger partial charge in [-0.3, -0.25) is 0 Å². The molecule has 0 spiro atoms. The molecule has 3 nitrogen and oxygen atoms in total. The lowest BCUT2D eigenvalue weighted by molar-refractivity contribution is 0.404. The first kappa shape index (κ1) is 14.7. The highest BCUT2D eigenvalue weighted by Crippen LogP contribution is 2.36. The summed E-state index contributed by atoms with van der Waals surface area (Å²) >= 11 is 0. The van der Waals surface area contributed by atoms with Crippen LogP contribution in [0.1, 0.15) is 45.4 Å². The van der Waals surface area contributed by atoms with Gasteiger partial charge in [-0.15, -0.1) is 0 Å². The second-order valence-electron chi connectivity index (χ2n) is 5.36. The summed E-state index contributed by atoms with van der Waals surface area (Å²) in [6.45, 7) is 10.1. The Hall–Kier alpha value is -1.74. The number of methoxy groups -OCH3 is 1. The fourth-order valence-electron chi connectivity index (χ4n) is 2.75. The molecule has 1 heterocycles. The maximum atomic E-state index is 6.49. The molecule has 0 saturated carbocycles. The molecule has 0 aliphatic carbocycles. The monoisotopic (exact) mass is 273 g/mol. The molecule has 2 rings (SSSR count). The largest absolute Gasteiger partial charge is 0.496 e. The Labute approximate surface area is 120 Å². The maximum absolute atomic E-state index is 6.49. The van der Waals surface area contributed by atoms with Gasteiger partial charge in [0.2, 0.25) is 0 Å². The Kier molecular flexibility index (Phi) is 3.91. The standard InChI is InChI=1S/C17H23NO2/c1-9-7-8-14(17(19-6)10(9)2)16(18)15-11(3)12(4)20-13(15)5/h7-8,16H,18H2,1-6H3. The zero-order valence-corrected chi connectivity index (χ0v) is 13.1. The summed E-state index contributed by atoms with van der Waals surface area (Å²) in [5, 5.41) is 0. The van der Waals surface area contributed by atoms with E-state index < -0.39 is 0 Å². The summed E-state index contributed by atoms with van der Waals surface area (Å²) < 4.78 is 11.3. The molecule has 3 heteroatoms. The molecule has 1 aromatic carbocycles. The zero-order chi connectivity index (χ0) is 15.0. The minimum absolute atomic E-state index is 0.235. The minimum atomic E-state index is -0.235. The van der Waals surface area contributed by atoms with Crippen LogP contribution < -0.4 is 10.5 Å². The third-order valence-corrected chi connectivity index (χ3v) is 4.17. The first-order chi connectivity index (χ1) is 9.38. The van der Waals surface area contributed by atoms with E-state index in [1.165, 1.54) is 5.56 Å². The Morgan fingerprint density at radius 3 is 2.15 bits per heavy atom. The quantitative estimate of drug-likeness (QED) is 0.923. The van der Waals surface area contributed by atoms with Crippen molar-refractivity contribution < 1.29 is 9.15 Å². The van der Waals surface area contributed by atoms with Crippen molar-refractivity contribution in [2.45, 2.75) is 40.7 Å². The highest BCUT2D eigenvalue weighted by Gasteiger charge is 2.23. The third-order valence-electron chi connectivity index (χ3n) is 4.17. The lowest BCUT2D eigenvalue weighted by Gasteiger charge is -2.19. The van der Waals surface area contributed by atoms with Crippen molar-refractivity contribution in [2.24, 2.45) is 5.73 Å². The molecule has 1 unspecified atom stereocenters. The van der Waals surface area contributed by atoms with Crippen molar-refractivity contribution >= 4 is 0 Å². The molecule has 2 N–H and O–H groups in total. The molecule has 1 aromatic heterocycles. The first-order valence-electron chi connectivity index (χ1n) is 6.84. The lowest BCUT2D eigenvalue weighted by atomic mass is 9.93. The molecular weight excluding hydrogens is 250 g/mol. The van der Waals surface area contributed by atoms with Crippen LogP contribution >= 0.6 is 0 Å². The van der Waals surface area contributed by atoms with Gasteiger partial charge < -0.3 is 14.9 Å². The van der Waals surface area contributed by atoms with E-state index in [4.69, 9.17) is 14.9 Å². The number of furan rings is 1. The molecule has 0 amide bonds. The lowest BCUT2D eigenvalue weighted by Crippen LogP contribution is -2.15. The normalized spacial score (nSPS) is 12.6. The number of ether oxygens (including phenoxy) is 1.